The summed E-state index contributed by atoms with van der Waals surface area (Å²) in [6, 6.07) is 0. The van der Waals surface area contributed by atoms with E-state index in [1.54, 1.807) is 0 Å². The fraction of sp³-hybridized carbons (Fsp3) is 0.778. The van der Waals surface area contributed by atoms with Gasteiger partial charge in [-0.25, -0.2) is 4.79 Å². The zero-order chi connectivity index (χ0) is 14.4. The first-order valence-corrected chi connectivity index (χ1v) is 6.78. The fourth-order valence-electron chi connectivity index (χ4n) is 1.38. The fourth-order valence-corrected chi connectivity index (χ4v) is 2.20. The van der Waals surface area contributed by atoms with Crippen molar-refractivity contribution in [2.24, 2.45) is 0 Å². The molecule has 0 rings (SSSR count). The number of nitrogens with one attached hydrogen (secondary N) is 1. The largest absolute Gasteiger partial charge is 0.481 e. The lowest BCUT2D eigenvalue weighted by molar-refractivity contribution is -0.147. The second-order valence-corrected chi connectivity index (χ2v) is 5.46. The van der Waals surface area contributed by atoms with Gasteiger partial charge in [-0.1, -0.05) is 19.8 Å². The Labute approximate surface area is 105 Å². The van der Waals surface area contributed by atoms with Crippen LogP contribution in [0.3, 0.4) is 0 Å². The lowest BCUT2D eigenvalue weighted by Crippen LogP contribution is -2.59. The van der Waals surface area contributed by atoms with Crippen molar-refractivity contribution in [3.05, 3.63) is 0 Å². The number of hydrogen-bond donors (Lipinski definition) is 4. The van der Waals surface area contributed by atoms with Gasteiger partial charge in [-0.15, -0.1) is 0 Å². The highest BCUT2D eigenvalue weighted by Gasteiger charge is 2.52. The van der Waals surface area contributed by atoms with Crippen molar-refractivity contribution in [2.75, 3.05) is 6.54 Å². The molecule has 0 amide bonds. The molecule has 9 heteroatoms. The number of carbonyl (C=O) groups is 2. The first-order chi connectivity index (χ1) is 8.17. The number of aliphatic carboxylic acids is 2. The smallest absolute Gasteiger partial charge is 0.343 e. The summed E-state index contributed by atoms with van der Waals surface area (Å²) < 4.78 is 31.3. The Morgan fingerprint density at radius 3 is 2.11 bits per heavy atom. The van der Waals surface area contributed by atoms with Gasteiger partial charge in [0.15, 0.2) is 0 Å². The molecule has 0 fully saturated rings. The van der Waals surface area contributed by atoms with E-state index in [0.29, 0.717) is 6.42 Å². The Kier molecular flexibility index (Phi) is 6.22. The number of unbranched alkanes of at least 4 members (excludes halogenated alkanes) is 2. The Balaban J connectivity index is 5.11. The molecule has 0 aromatic rings. The van der Waals surface area contributed by atoms with E-state index in [9.17, 15) is 18.0 Å². The molecule has 0 saturated heterocycles. The maximum atomic E-state index is 11.1. The molecule has 8 nitrogen and oxygen atoms in total. The predicted molar refractivity (Wildman–Crippen MR) is 61.7 cm³/mol. The van der Waals surface area contributed by atoms with Crippen LogP contribution in [0.1, 0.15) is 32.6 Å². The van der Waals surface area contributed by atoms with Gasteiger partial charge in [-0.2, -0.15) is 8.42 Å². The summed E-state index contributed by atoms with van der Waals surface area (Å²) in [5.74, 6) is -3.58. The van der Waals surface area contributed by atoms with Crippen molar-refractivity contribution >= 4 is 22.1 Å². The third-order valence-electron chi connectivity index (χ3n) is 2.38. The minimum atomic E-state index is -5.10. The first kappa shape index (κ1) is 16.8. The van der Waals surface area contributed by atoms with Crippen LogP contribution in [0, 0.1) is 0 Å². The molecule has 0 saturated carbocycles. The van der Waals surface area contributed by atoms with Crippen molar-refractivity contribution in [2.45, 2.75) is 37.5 Å². The number of hydrogen-bond acceptors (Lipinski definition) is 5. The quantitative estimate of drug-likeness (QED) is 0.340. The first-order valence-electron chi connectivity index (χ1n) is 5.34. The molecule has 0 aliphatic rings. The minimum absolute atomic E-state index is 0.0206. The SMILES string of the molecule is CCCCCNC(CC(=O)O)(C(=O)O)S(=O)(=O)O. The summed E-state index contributed by atoms with van der Waals surface area (Å²) >= 11 is 0. The van der Waals surface area contributed by atoms with Gasteiger partial charge < -0.3 is 10.2 Å². The molecule has 0 bridgehead atoms. The van der Waals surface area contributed by atoms with Crippen LogP contribution in [-0.4, -0.2) is 46.5 Å². The molecule has 4 N–H and O–H groups in total. The molecule has 0 radical (unpaired) electrons. The minimum Gasteiger partial charge on any atom is -0.481 e. The van der Waals surface area contributed by atoms with E-state index >= 15 is 0 Å². The van der Waals surface area contributed by atoms with Crippen LogP contribution in [-0.2, 0) is 19.7 Å². The Bertz CT molecular complexity index is 405. The number of carboxylic acid groups (broad SMARTS) is 2. The number of carboxylic acids is 2. The van der Waals surface area contributed by atoms with Gasteiger partial charge in [0.05, 0.1) is 6.42 Å². The van der Waals surface area contributed by atoms with E-state index < -0.39 is 33.3 Å². The van der Waals surface area contributed by atoms with E-state index in [2.05, 4.69) is 5.32 Å². The highest BCUT2D eigenvalue weighted by molar-refractivity contribution is 7.88. The summed E-state index contributed by atoms with van der Waals surface area (Å²) in [5, 5.41) is 19.6. The topological polar surface area (TPSA) is 141 Å². The van der Waals surface area contributed by atoms with Gasteiger partial charge in [0.25, 0.3) is 15.0 Å². The van der Waals surface area contributed by atoms with Gasteiger partial charge >= 0.3 is 11.9 Å². The average molecular weight is 283 g/mol. The van der Waals surface area contributed by atoms with Crippen LogP contribution in [0.25, 0.3) is 0 Å². The maximum absolute atomic E-state index is 11.1. The molecule has 0 aromatic heterocycles. The van der Waals surface area contributed by atoms with Crippen LogP contribution < -0.4 is 5.32 Å². The molecule has 0 aliphatic carbocycles. The Hall–Kier alpha value is -1.19. The van der Waals surface area contributed by atoms with Crippen LogP contribution in [0.15, 0.2) is 0 Å². The van der Waals surface area contributed by atoms with Crippen molar-refractivity contribution in [3.8, 4) is 0 Å². The molecule has 106 valence electrons. The van der Waals surface area contributed by atoms with E-state index in [4.69, 9.17) is 14.8 Å². The summed E-state index contributed by atoms with van der Waals surface area (Å²) in [6.07, 6.45) is 0.766. The molecular formula is C9H17NO7S. The molecular weight excluding hydrogens is 266 g/mol. The second-order valence-electron chi connectivity index (χ2n) is 3.81. The van der Waals surface area contributed by atoms with Gasteiger partial charge in [-0.3, -0.25) is 14.7 Å². The second kappa shape index (κ2) is 6.66. The van der Waals surface area contributed by atoms with Crippen LogP contribution in [0.4, 0.5) is 0 Å². The monoisotopic (exact) mass is 283 g/mol. The van der Waals surface area contributed by atoms with Crippen molar-refractivity contribution < 1.29 is 32.8 Å². The highest BCUT2D eigenvalue weighted by Crippen LogP contribution is 2.19. The molecule has 1 unspecified atom stereocenters. The van der Waals surface area contributed by atoms with E-state index in [0.717, 1.165) is 12.8 Å². The Morgan fingerprint density at radius 2 is 1.78 bits per heavy atom. The van der Waals surface area contributed by atoms with Gasteiger partial charge in [0, 0.05) is 0 Å². The van der Waals surface area contributed by atoms with Crippen LogP contribution in [0.2, 0.25) is 0 Å². The van der Waals surface area contributed by atoms with Gasteiger partial charge in [0.1, 0.15) is 0 Å². The molecule has 1 atom stereocenters. The molecule has 0 spiro atoms. The lowest BCUT2D eigenvalue weighted by Gasteiger charge is -2.25. The van der Waals surface area contributed by atoms with Crippen LogP contribution >= 0.6 is 0 Å². The third-order valence-corrected chi connectivity index (χ3v) is 3.72. The summed E-state index contributed by atoms with van der Waals surface area (Å²) in [7, 11) is -5.10. The van der Waals surface area contributed by atoms with E-state index in [-0.39, 0.29) is 6.54 Å². The Morgan fingerprint density at radius 1 is 1.22 bits per heavy atom. The summed E-state index contributed by atoms with van der Waals surface area (Å²) in [6.45, 7) is 1.87. The molecule has 0 aromatic carbocycles. The normalized spacial score (nSPS) is 15.0. The lowest BCUT2D eigenvalue weighted by atomic mass is 10.2. The standard InChI is InChI=1S/C9H17NO7S/c1-2-3-4-5-10-9(8(13)14,6-7(11)12)18(15,16)17/h10H,2-6H2,1H3,(H,11,12)(H,13,14)(H,15,16,17). The molecule has 0 aliphatic heterocycles. The maximum Gasteiger partial charge on any atom is 0.343 e. The third kappa shape index (κ3) is 4.24. The molecule has 0 heterocycles. The van der Waals surface area contributed by atoms with Crippen molar-refractivity contribution in [3.63, 3.8) is 0 Å². The number of rotatable bonds is 9. The summed E-state index contributed by atoms with van der Waals surface area (Å²) in [5.41, 5.74) is 0. The summed E-state index contributed by atoms with van der Waals surface area (Å²) in [4.78, 5) is 18.7. The van der Waals surface area contributed by atoms with Gasteiger partial charge in [0.2, 0.25) is 0 Å². The zero-order valence-electron chi connectivity index (χ0n) is 9.92. The predicted octanol–water partition coefficient (Wildman–Crippen LogP) is -0.0904. The highest BCUT2D eigenvalue weighted by atomic mass is 32.2. The average Bonchev–Trinajstić information content (AvgIpc) is 2.19. The van der Waals surface area contributed by atoms with Gasteiger partial charge in [-0.05, 0) is 13.0 Å². The molecule has 18 heavy (non-hydrogen) atoms. The van der Waals surface area contributed by atoms with Crippen molar-refractivity contribution in [1.82, 2.24) is 5.32 Å². The van der Waals surface area contributed by atoms with Crippen molar-refractivity contribution in [1.29, 1.82) is 0 Å². The zero-order valence-corrected chi connectivity index (χ0v) is 10.7. The van der Waals surface area contributed by atoms with E-state index in [1.807, 2.05) is 6.92 Å². The van der Waals surface area contributed by atoms with Crippen LogP contribution in [0.5, 0.6) is 0 Å². The van der Waals surface area contributed by atoms with E-state index in [1.165, 1.54) is 0 Å².